The van der Waals surface area contributed by atoms with Crippen molar-refractivity contribution in [3.05, 3.63) is 34.7 Å². The average molecular weight is 189 g/mol. The summed E-state index contributed by atoms with van der Waals surface area (Å²) in [5.74, 6) is 0. The van der Waals surface area contributed by atoms with Crippen LogP contribution in [0.3, 0.4) is 0 Å². The highest BCUT2D eigenvalue weighted by Crippen LogP contribution is 2.25. The van der Waals surface area contributed by atoms with E-state index in [1.165, 1.54) is 15.0 Å². The highest BCUT2D eigenvalue weighted by atomic mass is 32.1. The minimum Gasteiger partial charge on any atom is -0.305 e. The van der Waals surface area contributed by atoms with Crippen molar-refractivity contribution in [2.24, 2.45) is 0 Å². The lowest BCUT2D eigenvalue weighted by Gasteiger charge is -1.96. The lowest BCUT2D eigenvalue weighted by Crippen LogP contribution is -1.89. The van der Waals surface area contributed by atoms with Crippen LogP contribution in [-0.4, -0.2) is 5.71 Å². The Kier molecular flexibility index (Phi) is 1.93. The average Bonchev–Trinajstić information content (AvgIpc) is 2.42. The number of hydrogen-bond acceptors (Lipinski definition) is 2. The molecule has 66 valence electrons. The minimum absolute atomic E-state index is 0.630. The topological polar surface area (TPSA) is 23.9 Å². The predicted molar refractivity (Wildman–Crippen MR) is 59.1 cm³/mol. The molecule has 2 heteroatoms. The van der Waals surface area contributed by atoms with Crippen LogP contribution in [0.25, 0.3) is 10.1 Å². The van der Waals surface area contributed by atoms with Gasteiger partial charge in [0.05, 0.1) is 0 Å². The van der Waals surface area contributed by atoms with E-state index < -0.39 is 0 Å². The first-order chi connectivity index (χ1) is 6.16. The summed E-state index contributed by atoms with van der Waals surface area (Å²) < 4.78 is 1.31. The van der Waals surface area contributed by atoms with E-state index in [4.69, 9.17) is 5.41 Å². The van der Waals surface area contributed by atoms with Gasteiger partial charge in [-0.15, -0.1) is 11.3 Å². The smallest absolute Gasteiger partial charge is 0.0355 e. The molecule has 1 N–H and O–H groups in total. The van der Waals surface area contributed by atoms with E-state index >= 15 is 0 Å². The summed E-state index contributed by atoms with van der Waals surface area (Å²) in [7, 11) is 0. The van der Waals surface area contributed by atoms with Gasteiger partial charge in [0.2, 0.25) is 0 Å². The Labute approximate surface area is 81.5 Å². The van der Waals surface area contributed by atoms with Gasteiger partial charge in [-0.1, -0.05) is 6.07 Å². The summed E-state index contributed by atoms with van der Waals surface area (Å²) in [6.45, 7) is 3.93. The van der Waals surface area contributed by atoms with E-state index in [2.05, 4.69) is 25.1 Å². The monoisotopic (exact) mass is 189 g/mol. The third-order valence-electron chi connectivity index (χ3n) is 2.07. The van der Waals surface area contributed by atoms with Crippen LogP contribution in [0.4, 0.5) is 0 Å². The number of hydrogen-bond donors (Lipinski definition) is 1. The Balaban J connectivity index is 2.67. The van der Waals surface area contributed by atoms with Gasteiger partial charge in [-0.3, -0.25) is 0 Å². The summed E-state index contributed by atoms with van der Waals surface area (Å²) in [6, 6.07) is 8.37. The molecule has 0 saturated carbocycles. The van der Waals surface area contributed by atoms with Crippen molar-refractivity contribution >= 4 is 27.1 Å². The van der Waals surface area contributed by atoms with Crippen molar-refractivity contribution in [2.75, 3.05) is 0 Å². The van der Waals surface area contributed by atoms with Crippen molar-refractivity contribution in [1.82, 2.24) is 0 Å². The van der Waals surface area contributed by atoms with E-state index in [-0.39, 0.29) is 0 Å². The molecule has 0 saturated heterocycles. The summed E-state index contributed by atoms with van der Waals surface area (Å²) in [6.07, 6.45) is 0. The number of nitrogens with one attached hydrogen (secondary N) is 1. The molecule has 1 nitrogen and oxygen atoms in total. The summed E-state index contributed by atoms with van der Waals surface area (Å²) in [5.41, 5.74) is 1.65. The van der Waals surface area contributed by atoms with Crippen molar-refractivity contribution < 1.29 is 0 Å². The van der Waals surface area contributed by atoms with Gasteiger partial charge in [0.15, 0.2) is 0 Å². The van der Waals surface area contributed by atoms with Crippen molar-refractivity contribution in [3.63, 3.8) is 0 Å². The molecule has 1 aromatic carbocycles. The van der Waals surface area contributed by atoms with E-state index in [1.54, 1.807) is 11.3 Å². The molecule has 0 fully saturated rings. The van der Waals surface area contributed by atoms with Gasteiger partial charge in [-0.25, -0.2) is 0 Å². The maximum Gasteiger partial charge on any atom is 0.0355 e. The number of benzene rings is 1. The van der Waals surface area contributed by atoms with Crippen LogP contribution < -0.4 is 0 Å². The molecule has 0 aliphatic carbocycles. The van der Waals surface area contributed by atoms with Gasteiger partial charge in [-0.05, 0) is 43.0 Å². The molecule has 1 aromatic heterocycles. The number of rotatable bonds is 1. The summed E-state index contributed by atoms with van der Waals surface area (Å²) >= 11 is 1.80. The molecular formula is C11H11NS. The predicted octanol–water partition coefficient (Wildman–Crippen LogP) is 3.60. The zero-order valence-electron chi connectivity index (χ0n) is 7.72. The molecule has 0 atom stereocenters. The summed E-state index contributed by atoms with van der Waals surface area (Å²) in [5, 5.41) is 8.78. The molecule has 0 bridgehead atoms. The van der Waals surface area contributed by atoms with E-state index in [1.807, 2.05) is 13.0 Å². The van der Waals surface area contributed by atoms with Gasteiger partial charge in [0.25, 0.3) is 0 Å². The quantitative estimate of drug-likeness (QED) is 0.663. The molecule has 0 radical (unpaired) electrons. The van der Waals surface area contributed by atoms with Crippen LogP contribution in [0, 0.1) is 12.3 Å². The SMILES string of the molecule is CC(=N)c1ccc2sc(C)cc2c1. The number of fused-ring (bicyclic) bond motifs is 1. The first-order valence-corrected chi connectivity index (χ1v) is 5.04. The van der Waals surface area contributed by atoms with Crippen LogP contribution in [0.5, 0.6) is 0 Å². The second-order valence-electron chi connectivity index (χ2n) is 3.23. The van der Waals surface area contributed by atoms with Crippen LogP contribution in [0.2, 0.25) is 0 Å². The Morgan fingerprint density at radius 3 is 2.77 bits per heavy atom. The Morgan fingerprint density at radius 1 is 1.31 bits per heavy atom. The van der Waals surface area contributed by atoms with E-state index in [0.29, 0.717) is 5.71 Å². The largest absolute Gasteiger partial charge is 0.305 e. The Bertz CT molecular complexity index is 468. The van der Waals surface area contributed by atoms with E-state index in [0.717, 1.165) is 5.56 Å². The molecule has 1 heterocycles. The van der Waals surface area contributed by atoms with Crippen molar-refractivity contribution in [2.45, 2.75) is 13.8 Å². The zero-order valence-corrected chi connectivity index (χ0v) is 8.53. The first kappa shape index (κ1) is 8.45. The maximum atomic E-state index is 7.52. The molecule has 0 spiro atoms. The summed E-state index contributed by atoms with van der Waals surface area (Å²) in [4.78, 5) is 1.33. The van der Waals surface area contributed by atoms with Crippen LogP contribution in [-0.2, 0) is 0 Å². The second kappa shape index (κ2) is 2.96. The molecular weight excluding hydrogens is 178 g/mol. The number of thiophene rings is 1. The Morgan fingerprint density at radius 2 is 2.08 bits per heavy atom. The fourth-order valence-corrected chi connectivity index (χ4v) is 2.31. The minimum atomic E-state index is 0.630. The van der Waals surface area contributed by atoms with Crippen LogP contribution in [0.15, 0.2) is 24.3 Å². The third kappa shape index (κ3) is 1.49. The third-order valence-corrected chi connectivity index (χ3v) is 3.10. The second-order valence-corrected chi connectivity index (χ2v) is 4.52. The molecule has 0 aliphatic rings. The van der Waals surface area contributed by atoms with E-state index in [9.17, 15) is 0 Å². The highest BCUT2D eigenvalue weighted by molar-refractivity contribution is 7.19. The van der Waals surface area contributed by atoms with Gasteiger partial charge in [-0.2, -0.15) is 0 Å². The maximum absolute atomic E-state index is 7.52. The molecule has 2 aromatic rings. The van der Waals surface area contributed by atoms with Crippen molar-refractivity contribution in [1.29, 1.82) is 5.41 Å². The van der Waals surface area contributed by atoms with Gasteiger partial charge >= 0.3 is 0 Å². The van der Waals surface area contributed by atoms with Crippen LogP contribution >= 0.6 is 11.3 Å². The number of aryl methyl sites for hydroxylation is 1. The highest BCUT2D eigenvalue weighted by Gasteiger charge is 2.00. The van der Waals surface area contributed by atoms with Gasteiger partial charge in [0.1, 0.15) is 0 Å². The Hall–Kier alpha value is -1.15. The van der Waals surface area contributed by atoms with Gasteiger partial charge in [0, 0.05) is 15.3 Å². The lowest BCUT2D eigenvalue weighted by atomic mass is 10.1. The molecule has 0 aliphatic heterocycles. The van der Waals surface area contributed by atoms with Crippen LogP contribution in [0.1, 0.15) is 17.4 Å². The first-order valence-electron chi connectivity index (χ1n) is 4.22. The fraction of sp³-hybridized carbons (Fsp3) is 0.182. The molecule has 0 amide bonds. The van der Waals surface area contributed by atoms with Crippen molar-refractivity contribution in [3.8, 4) is 0 Å². The normalized spacial score (nSPS) is 10.6. The molecule has 2 rings (SSSR count). The van der Waals surface area contributed by atoms with Gasteiger partial charge < -0.3 is 5.41 Å². The lowest BCUT2D eigenvalue weighted by molar-refractivity contribution is 1.46. The molecule has 13 heavy (non-hydrogen) atoms. The molecule has 0 unspecified atom stereocenters. The zero-order chi connectivity index (χ0) is 9.42. The standard InChI is InChI=1S/C11H11NS/c1-7-5-10-6-9(8(2)12)3-4-11(10)13-7/h3-6,12H,1-2H3. The fourth-order valence-electron chi connectivity index (χ4n) is 1.41.